The van der Waals surface area contributed by atoms with Crippen molar-refractivity contribution in [3.05, 3.63) is 60.0 Å². The Hall–Kier alpha value is -4.08. The first kappa shape index (κ1) is 22.6. The molecular weight excluding hydrogens is 437 g/mol. The molecule has 0 unspecified atom stereocenters. The number of carbonyl (C=O) groups is 1. The van der Waals surface area contributed by atoms with Gasteiger partial charge in [0.15, 0.2) is 11.6 Å². The molecule has 0 atom stereocenters. The van der Waals surface area contributed by atoms with Crippen LogP contribution in [0.3, 0.4) is 0 Å². The Bertz CT molecular complexity index is 1320. The number of sulfonamides is 1. The highest BCUT2D eigenvalue weighted by Crippen LogP contribution is 2.25. The third kappa shape index (κ3) is 5.75. The lowest BCUT2D eigenvalue weighted by Crippen LogP contribution is -2.12. The van der Waals surface area contributed by atoms with Crippen LogP contribution >= 0.6 is 0 Å². The molecule has 0 aliphatic heterocycles. The number of hydrogen-bond donors (Lipinski definition) is 4. The molecule has 0 bridgehead atoms. The first-order chi connectivity index (χ1) is 15.2. The van der Waals surface area contributed by atoms with E-state index in [1.807, 2.05) is 0 Å². The van der Waals surface area contributed by atoms with Crippen molar-refractivity contribution in [1.29, 1.82) is 5.26 Å². The molecule has 0 fully saturated rings. The van der Waals surface area contributed by atoms with Crippen LogP contribution in [0.5, 0.6) is 0 Å². The number of hydrogen-bond acceptors (Lipinski definition) is 8. The molecule has 0 aliphatic carbocycles. The molecule has 0 saturated carbocycles. The molecule has 3 rings (SSSR count). The fraction of sp³-hybridized carbons (Fsp3) is 0.100. The maximum Gasteiger partial charge on any atom is 0.238 e. The zero-order valence-corrected chi connectivity index (χ0v) is 17.6. The molecule has 1 heterocycles. The van der Waals surface area contributed by atoms with Gasteiger partial charge in [0.05, 0.1) is 17.2 Å². The second-order valence-corrected chi connectivity index (χ2v) is 8.19. The van der Waals surface area contributed by atoms with Gasteiger partial charge >= 0.3 is 0 Å². The minimum atomic E-state index is -3.89. The molecule has 3 aromatic rings. The number of aromatic nitrogens is 2. The lowest BCUT2D eigenvalue weighted by molar-refractivity contribution is -0.115. The average Bonchev–Trinajstić information content (AvgIpc) is 2.72. The van der Waals surface area contributed by atoms with Gasteiger partial charge in [-0.1, -0.05) is 6.07 Å². The van der Waals surface area contributed by atoms with Gasteiger partial charge < -0.3 is 16.0 Å². The number of aryl methyl sites for hydroxylation is 1. The Kier molecular flexibility index (Phi) is 6.62. The minimum absolute atomic E-state index is 0.0255. The second kappa shape index (κ2) is 9.38. The van der Waals surface area contributed by atoms with Gasteiger partial charge in [0.1, 0.15) is 6.42 Å². The van der Waals surface area contributed by atoms with Gasteiger partial charge in [-0.15, -0.1) is 0 Å². The van der Waals surface area contributed by atoms with E-state index in [1.54, 1.807) is 37.3 Å². The summed E-state index contributed by atoms with van der Waals surface area (Å²) in [5.41, 5.74) is 2.06. The lowest BCUT2D eigenvalue weighted by Gasteiger charge is -2.12. The van der Waals surface area contributed by atoms with E-state index in [1.165, 1.54) is 18.2 Å². The molecule has 1 amide bonds. The van der Waals surface area contributed by atoms with E-state index >= 15 is 0 Å². The molecule has 164 valence electrons. The predicted molar refractivity (Wildman–Crippen MR) is 116 cm³/mol. The van der Waals surface area contributed by atoms with Crippen molar-refractivity contribution in [2.75, 3.05) is 16.0 Å². The van der Waals surface area contributed by atoms with E-state index in [9.17, 15) is 17.6 Å². The summed E-state index contributed by atoms with van der Waals surface area (Å²) in [4.78, 5) is 19.4. The van der Waals surface area contributed by atoms with Gasteiger partial charge in [-0.05, 0) is 48.9 Å². The minimum Gasteiger partial charge on any atom is -0.338 e. The van der Waals surface area contributed by atoms with E-state index in [-0.39, 0.29) is 23.1 Å². The Morgan fingerprint density at radius 2 is 1.94 bits per heavy atom. The molecule has 0 radical (unpaired) electrons. The molecule has 1 aromatic heterocycles. The van der Waals surface area contributed by atoms with Gasteiger partial charge in [-0.25, -0.2) is 22.9 Å². The summed E-state index contributed by atoms with van der Waals surface area (Å²) in [6.45, 7) is 1.75. The molecule has 12 heteroatoms. The monoisotopic (exact) mass is 455 g/mol. The quantitative estimate of drug-likeness (QED) is 0.422. The lowest BCUT2D eigenvalue weighted by atomic mass is 10.1. The van der Waals surface area contributed by atoms with E-state index in [2.05, 4.69) is 25.9 Å². The van der Waals surface area contributed by atoms with E-state index in [4.69, 9.17) is 10.4 Å². The van der Waals surface area contributed by atoms with Crippen molar-refractivity contribution in [2.24, 2.45) is 5.14 Å². The molecule has 32 heavy (non-hydrogen) atoms. The number of amides is 1. The fourth-order valence-electron chi connectivity index (χ4n) is 2.68. The number of benzene rings is 2. The maximum absolute atomic E-state index is 14.3. The summed E-state index contributed by atoms with van der Waals surface area (Å²) in [7, 11) is -3.89. The Labute approximate surface area is 183 Å². The van der Waals surface area contributed by atoms with E-state index in [0.717, 1.165) is 6.20 Å². The number of nitrogens with two attached hydrogens (primary N) is 1. The van der Waals surface area contributed by atoms with Crippen LogP contribution in [-0.4, -0.2) is 24.3 Å². The Morgan fingerprint density at radius 1 is 1.19 bits per heavy atom. The van der Waals surface area contributed by atoms with E-state index < -0.39 is 21.7 Å². The highest BCUT2D eigenvalue weighted by Gasteiger charge is 2.12. The highest BCUT2D eigenvalue weighted by atomic mass is 32.2. The zero-order chi connectivity index (χ0) is 23.3. The fourth-order valence-corrected chi connectivity index (χ4v) is 3.24. The number of anilines is 5. The number of nitriles is 1. The molecule has 5 N–H and O–H groups in total. The van der Waals surface area contributed by atoms with E-state index in [0.29, 0.717) is 22.6 Å². The van der Waals surface area contributed by atoms with Crippen molar-refractivity contribution in [2.45, 2.75) is 18.2 Å². The van der Waals surface area contributed by atoms with Crippen LogP contribution in [0, 0.1) is 24.1 Å². The Balaban J connectivity index is 1.79. The smallest absolute Gasteiger partial charge is 0.238 e. The molecule has 2 aromatic carbocycles. The standard InChI is InChI=1S/C20H18FN7O3S/c1-12-9-14(5-6-17(12)27-18(29)7-8-22)25-19-16(21)11-24-20(28-19)26-13-3-2-4-15(10-13)32(23,30)31/h2-6,9-11H,7H2,1H3,(H,27,29)(H2,23,30,31)(H2,24,25,26,28). The number of rotatable bonds is 7. The summed E-state index contributed by atoms with van der Waals surface area (Å²) >= 11 is 0. The molecule has 10 nitrogen and oxygen atoms in total. The van der Waals surface area contributed by atoms with Crippen molar-refractivity contribution >= 4 is 44.8 Å². The van der Waals surface area contributed by atoms with Crippen LogP contribution in [-0.2, 0) is 14.8 Å². The van der Waals surface area contributed by atoms with Gasteiger partial charge in [0.2, 0.25) is 21.9 Å². The average molecular weight is 455 g/mol. The van der Waals surface area contributed by atoms with Gasteiger partial charge in [-0.2, -0.15) is 10.2 Å². The van der Waals surface area contributed by atoms with Gasteiger partial charge in [0.25, 0.3) is 0 Å². The van der Waals surface area contributed by atoms with Gasteiger partial charge in [0, 0.05) is 17.1 Å². The molecule has 0 aliphatic rings. The first-order valence-corrected chi connectivity index (χ1v) is 10.7. The summed E-state index contributed by atoms with van der Waals surface area (Å²) < 4.78 is 37.3. The SMILES string of the molecule is Cc1cc(Nc2nc(Nc3cccc(S(N)(=O)=O)c3)ncc2F)ccc1NC(=O)CC#N. The van der Waals surface area contributed by atoms with Crippen LogP contribution in [0.15, 0.2) is 53.6 Å². The Morgan fingerprint density at radius 3 is 2.62 bits per heavy atom. The van der Waals surface area contributed by atoms with Crippen LogP contribution in [0.4, 0.5) is 33.2 Å². The molecular formula is C20H18FN7O3S. The van der Waals surface area contributed by atoms with Crippen molar-refractivity contribution in [1.82, 2.24) is 9.97 Å². The maximum atomic E-state index is 14.3. The number of carbonyl (C=O) groups excluding carboxylic acids is 1. The number of nitrogens with one attached hydrogen (secondary N) is 3. The predicted octanol–water partition coefficient (Wildman–Crippen LogP) is 2.91. The van der Waals surface area contributed by atoms with Crippen molar-refractivity contribution < 1.29 is 17.6 Å². The summed E-state index contributed by atoms with van der Waals surface area (Å²) in [5.74, 6) is -1.23. The first-order valence-electron chi connectivity index (χ1n) is 9.12. The van der Waals surface area contributed by atoms with Crippen molar-refractivity contribution in [3.63, 3.8) is 0 Å². The zero-order valence-electron chi connectivity index (χ0n) is 16.8. The third-order valence-electron chi connectivity index (χ3n) is 4.17. The summed E-state index contributed by atoms with van der Waals surface area (Å²) in [5, 5.41) is 22.0. The second-order valence-electron chi connectivity index (χ2n) is 6.63. The molecule has 0 spiro atoms. The normalized spacial score (nSPS) is 10.8. The summed E-state index contributed by atoms with van der Waals surface area (Å²) in [6, 6.07) is 12.4. The van der Waals surface area contributed by atoms with Gasteiger partial charge in [-0.3, -0.25) is 4.79 Å². The topological polar surface area (TPSA) is 163 Å². The number of primary sulfonamides is 1. The van der Waals surface area contributed by atoms with Crippen LogP contribution in [0.2, 0.25) is 0 Å². The summed E-state index contributed by atoms with van der Waals surface area (Å²) in [6.07, 6.45) is 0.700. The molecule has 0 saturated heterocycles. The van der Waals surface area contributed by atoms with Crippen LogP contribution in [0.25, 0.3) is 0 Å². The highest BCUT2D eigenvalue weighted by molar-refractivity contribution is 7.89. The van der Waals surface area contributed by atoms with Crippen molar-refractivity contribution in [3.8, 4) is 6.07 Å². The number of nitrogens with zero attached hydrogens (tertiary/aromatic N) is 3. The largest absolute Gasteiger partial charge is 0.338 e. The van der Waals surface area contributed by atoms with Crippen LogP contribution < -0.4 is 21.1 Å². The number of halogens is 1. The van der Waals surface area contributed by atoms with Crippen LogP contribution in [0.1, 0.15) is 12.0 Å². The third-order valence-corrected chi connectivity index (χ3v) is 5.08.